The van der Waals surface area contributed by atoms with Gasteiger partial charge in [-0.15, -0.1) is 0 Å². The molecular weight excluding hydrogens is 158 g/mol. The summed E-state index contributed by atoms with van der Waals surface area (Å²) in [7, 11) is 1.97. The predicted molar refractivity (Wildman–Crippen MR) is 49.7 cm³/mol. The lowest BCUT2D eigenvalue weighted by Gasteiger charge is -2.15. The first-order chi connectivity index (χ1) is 5.34. The molecule has 1 nitrogen and oxygen atoms in total. The van der Waals surface area contributed by atoms with Gasteiger partial charge >= 0.3 is 0 Å². The molecule has 2 heteroatoms. The molecule has 0 aliphatic heterocycles. The van der Waals surface area contributed by atoms with Crippen LogP contribution in [0.5, 0.6) is 0 Å². The molecule has 0 amide bonds. The summed E-state index contributed by atoms with van der Waals surface area (Å²) in [5, 5.41) is 4.13. The summed E-state index contributed by atoms with van der Waals surface area (Å²) in [5.41, 5.74) is 0. The highest BCUT2D eigenvalue weighted by molar-refractivity contribution is 6.30. The lowest BCUT2D eigenvalue weighted by Crippen LogP contribution is -2.13. The van der Waals surface area contributed by atoms with E-state index in [2.05, 4.69) is 11.4 Å². The van der Waals surface area contributed by atoms with Gasteiger partial charge in [0, 0.05) is 5.03 Å². The van der Waals surface area contributed by atoms with E-state index in [1.807, 2.05) is 19.2 Å². The minimum atomic E-state index is 0.550. The van der Waals surface area contributed by atoms with Crippen molar-refractivity contribution in [2.45, 2.75) is 12.8 Å². The van der Waals surface area contributed by atoms with Crippen LogP contribution in [0.2, 0.25) is 0 Å². The van der Waals surface area contributed by atoms with Crippen LogP contribution in [0.15, 0.2) is 23.3 Å². The van der Waals surface area contributed by atoms with Gasteiger partial charge in [0.05, 0.1) is 0 Å². The largest absolute Gasteiger partial charge is 0.320 e. The van der Waals surface area contributed by atoms with Crippen molar-refractivity contribution >= 4 is 11.6 Å². The number of hydrogen-bond donors (Lipinski definition) is 1. The molecule has 0 radical (unpaired) electrons. The van der Waals surface area contributed by atoms with Gasteiger partial charge in [-0.05, 0) is 38.4 Å². The third-order valence-corrected chi connectivity index (χ3v) is 2.38. The average Bonchev–Trinajstić information content (AvgIpc) is 2.03. The van der Waals surface area contributed by atoms with E-state index in [9.17, 15) is 0 Å². The second-order valence-corrected chi connectivity index (χ2v) is 3.24. The molecule has 0 aromatic carbocycles. The van der Waals surface area contributed by atoms with Gasteiger partial charge in [0.25, 0.3) is 0 Å². The molecule has 1 unspecified atom stereocenters. The van der Waals surface area contributed by atoms with Gasteiger partial charge in [-0.2, -0.15) is 0 Å². The Morgan fingerprint density at radius 3 is 3.18 bits per heavy atom. The molecule has 0 bridgehead atoms. The van der Waals surface area contributed by atoms with Gasteiger partial charge in [-0.25, -0.2) is 0 Å². The van der Waals surface area contributed by atoms with Crippen molar-refractivity contribution < 1.29 is 0 Å². The third kappa shape index (κ3) is 2.68. The van der Waals surface area contributed by atoms with E-state index in [1.54, 1.807) is 0 Å². The van der Waals surface area contributed by atoms with Crippen molar-refractivity contribution in [3.8, 4) is 0 Å². The molecule has 0 saturated carbocycles. The number of halogens is 1. The first kappa shape index (κ1) is 8.82. The summed E-state index contributed by atoms with van der Waals surface area (Å²) in [4.78, 5) is 0. The third-order valence-electron chi connectivity index (χ3n) is 1.94. The second-order valence-electron chi connectivity index (χ2n) is 2.80. The summed E-state index contributed by atoms with van der Waals surface area (Å²) in [6.07, 6.45) is 8.42. The van der Waals surface area contributed by atoms with Crippen molar-refractivity contribution in [2.75, 3.05) is 13.6 Å². The van der Waals surface area contributed by atoms with Crippen LogP contribution < -0.4 is 5.32 Å². The zero-order valence-electron chi connectivity index (χ0n) is 6.81. The summed E-state index contributed by atoms with van der Waals surface area (Å²) < 4.78 is 0. The van der Waals surface area contributed by atoms with Crippen molar-refractivity contribution in [1.82, 2.24) is 5.32 Å². The van der Waals surface area contributed by atoms with Gasteiger partial charge in [-0.3, -0.25) is 0 Å². The molecule has 0 aromatic heterocycles. The van der Waals surface area contributed by atoms with E-state index in [0.29, 0.717) is 5.92 Å². The highest BCUT2D eigenvalue weighted by Gasteiger charge is 2.11. The van der Waals surface area contributed by atoms with E-state index >= 15 is 0 Å². The van der Waals surface area contributed by atoms with E-state index in [4.69, 9.17) is 11.6 Å². The lowest BCUT2D eigenvalue weighted by atomic mass is 9.97. The zero-order valence-corrected chi connectivity index (χ0v) is 7.56. The molecule has 1 aliphatic carbocycles. The maximum absolute atomic E-state index is 6.00. The van der Waals surface area contributed by atoms with Crippen LogP contribution in [-0.2, 0) is 0 Å². The first-order valence-corrected chi connectivity index (χ1v) is 4.39. The van der Waals surface area contributed by atoms with Gasteiger partial charge < -0.3 is 5.32 Å². The standard InChI is InChI=1S/C9H14ClN/c1-11-7-6-8-4-2-3-5-9(8)10/h2-3,5,8,11H,4,6-7H2,1H3. The van der Waals surface area contributed by atoms with Crippen molar-refractivity contribution in [1.29, 1.82) is 0 Å². The Hall–Kier alpha value is -0.270. The Balaban J connectivity index is 2.35. The molecule has 62 valence electrons. The van der Waals surface area contributed by atoms with Crippen LogP contribution in [0.4, 0.5) is 0 Å². The van der Waals surface area contributed by atoms with E-state index in [1.165, 1.54) is 0 Å². The molecule has 1 rings (SSSR count). The molecule has 0 fully saturated rings. The lowest BCUT2D eigenvalue weighted by molar-refractivity contribution is 0.561. The Morgan fingerprint density at radius 1 is 1.73 bits per heavy atom. The van der Waals surface area contributed by atoms with Crippen LogP contribution >= 0.6 is 11.6 Å². The maximum Gasteiger partial charge on any atom is 0.0215 e. The molecule has 1 atom stereocenters. The van der Waals surface area contributed by atoms with Crippen LogP contribution in [0.3, 0.4) is 0 Å². The van der Waals surface area contributed by atoms with Crippen LogP contribution in [0, 0.1) is 5.92 Å². The van der Waals surface area contributed by atoms with Crippen LogP contribution in [0.1, 0.15) is 12.8 Å². The summed E-state index contributed by atoms with van der Waals surface area (Å²) in [6, 6.07) is 0. The van der Waals surface area contributed by atoms with E-state index in [0.717, 1.165) is 24.4 Å². The fraction of sp³-hybridized carbons (Fsp3) is 0.556. The number of hydrogen-bond acceptors (Lipinski definition) is 1. The highest BCUT2D eigenvalue weighted by Crippen LogP contribution is 2.25. The molecule has 0 saturated heterocycles. The monoisotopic (exact) mass is 171 g/mol. The summed E-state index contributed by atoms with van der Waals surface area (Å²) >= 11 is 6.00. The van der Waals surface area contributed by atoms with Crippen molar-refractivity contribution in [3.63, 3.8) is 0 Å². The Morgan fingerprint density at radius 2 is 2.55 bits per heavy atom. The van der Waals surface area contributed by atoms with Gasteiger partial charge in [0.2, 0.25) is 0 Å². The normalized spacial score (nSPS) is 23.5. The fourth-order valence-electron chi connectivity index (χ4n) is 1.23. The van der Waals surface area contributed by atoms with Crippen LogP contribution in [-0.4, -0.2) is 13.6 Å². The van der Waals surface area contributed by atoms with E-state index in [-0.39, 0.29) is 0 Å². The molecule has 11 heavy (non-hydrogen) atoms. The smallest absolute Gasteiger partial charge is 0.0215 e. The summed E-state index contributed by atoms with van der Waals surface area (Å²) in [6.45, 7) is 1.04. The number of rotatable bonds is 3. The quantitative estimate of drug-likeness (QED) is 0.687. The Labute approximate surface area is 73.1 Å². The van der Waals surface area contributed by atoms with Crippen molar-refractivity contribution in [3.05, 3.63) is 23.3 Å². The molecule has 0 heterocycles. The topological polar surface area (TPSA) is 12.0 Å². The predicted octanol–water partition coefficient (Wildman–Crippen LogP) is 2.29. The SMILES string of the molecule is CNCCC1CC=CC=C1Cl. The zero-order chi connectivity index (χ0) is 8.10. The second kappa shape index (κ2) is 4.58. The maximum atomic E-state index is 6.00. The Kier molecular flexibility index (Phi) is 3.67. The summed E-state index contributed by atoms with van der Waals surface area (Å²) in [5.74, 6) is 0.550. The molecule has 0 aromatic rings. The van der Waals surface area contributed by atoms with Gasteiger partial charge in [0.15, 0.2) is 0 Å². The molecular formula is C9H14ClN. The van der Waals surface area contributed by atoms with E-state index < -0.39 is 0 Å². The van der Waals surface area contributed by atoms with Crippen molar-refractivity contribution in [2.24, 2.45) is 5.92 Å². The molecule has 1 N–H and O–H groups in total. The molecule has 1 aliphatic rings. The molecule has 0 spiro atoms. The average molecular weight is 172 g/mol. The minimum Gasteiger partial charge on any atom is -0.320 e. The van der Waals surface area contributed by atoms with Crippen LogP contribution in [0.25, 0.3) is 0 Å². The number of allylic oxidation sites excluding steroid dienone is 4. The Bertz CT molecular complexity index is 172. The highest BCUT2D eigenvalue weighted by atomic mass is 35.5. The van der Waals surface area contributed by atoms with Gasteiger partial charge in [-0.1, -0.05) is 23.8 Å². The first-order valence-electron chi connectivity index (χ1n) is 4.01. The minimum absolute atomic E-state index is 0.550. The van der Waals surface area contributed by atoms with Gasteiger partial charge in [0.1, 0.15) is 0 Å². The fourth-order valence-corrected chi connectivity index (χ4v) is 1.50. The number of nitrogens with one attached hydrogen (secondary N) is 1.